The Kier molecular flexibility index (Phi) is 4.51. The maximum absolute atomic E-state index is 11.5. The van der Waals surface area contributed by atoms with E-state index in [0.717, 1.165) is 17.8 Å². The van der Waals surface area contributed by atoms with E-state index in [4.69, 9.17) is 10.7 Å². The molecule has 0 spiro atoms. The zero-order valence-electron chi connectivity index (χ0n) is 14.6. The van der Waals surface area contributed by atoms with Crippen LogP contribution in [0.1, 0.15) is 42.6 Å². The van der Waals surface area contributed by atoms with Gasteiger partial charge in [0, 0.05) is 36.9 Å². The monoisotopic (exact) mass is 350 g/mol. The van der Waals surface area contributed by atoms with Crippen molar-refractivity contribution < 1.29 is 4.79 Å². The molecule has 0 atom stereocenters. The number of rotatable bonds is 5. The van der Waals surface area contributed by atoms with Crippen molar-refractivity contribution in [2.24, 2.45) is 11.7 Å². The first-order valence-corrected chi connectivity index (χ1v) is 9.04. The first-order chi connectivity index (χ1) is 12.7. The molecule has 1 aliphatic carbocycles. The standard InChI is InChI=1S/C19H22N6O/c20-17(26)16-12-25-11-15(14-6-8-21-9-7-14)23-18(19(25)24-16)22-10-13-4-2-1-3-5-13/h6-9,11-13H,1-5,10H2,(H2,20,26)(H,22,23). The molecular weight excluding hydrogens is 328 g/mol. The second-order valence-corrected chi connectivity index (χ2v) is 6.82. The fourth-order valence-corrected chi connectivity index (χ4v) is 3.53. The van der Waals surface area contributed by atoms with Gasteiger partial charge in [-0.3, -0.25) is 9.78 Å². The smallest absolute Gasteiger partial charge is 0.268 e. The van der Waals surface area contributed by atoms with Crippen LogP contribution < -0.4 is 11.1 Å². The zero-order valence-corrected chi connectivity index (χ0v) is 14.6. The number of nitrogens with zero attached hydrogens (tertiary/aromatic N) is 4. The molecule has 134 valence electrons. The molecular formula is C19H22N6O. The molecule has 3 aromatic rings. The number of carbonyl (C=O) groups excluding carboxylic acids is 1. The van der Waals surface area contributed by atoms with Gasteiger partial charge in [-0.2, -0.15) is 0 Å². The summed E-state index contributed by atoms with van der Waals surface area (Å²) >= 11 is 0. The first-order valence-electron chi connectivity index (χ1n) is 9.04. The molecule has 26 heavy (non-hydrogen) atoms. The van der Waals surface area contributed by atoms with Gasteiger partial charge in [0.1, 0.15) is 5.69 Å². The highest BCUT2D eigenvalue weighted by Gasteiger charge is 2.17. The third kappa shape index (κ3) is 3.37. The van der Waals surface area contributed by atoms with E-state index in [2.05, 4.69) is 15.3 Å². The van der Waals surface area contributed by atoms with E-state index in [-0.39, 0.29) is 5.69 Å². The van der Waals surface area contributed by atoms with Crippen LogP contribution >= 0.6 is 0 Å². The summed E-state index contributed by atoms with van der Waals surface area (Å²) in [6, 6.07) is 3.82. The molecule has 3 aromatic heterocycles. The number of imidazole rings is 1. The average molecular weight is 350 g/mol. The van der Waals surface area contributed by atoms with Crippen molar-refractivity contribution in [2.45, 2.75) is 32.1 Å². The Balaban J connectivity index is 1.71. The van der Waals surface area contributed by atoms with Gasteiger partial charge in [0.15, 0.2) is 11.5 Å². The highest BCUT2D eigenvalue weighted by molar-refractivity contribution is 5.92. The molecule has 0 radical (unpaired) electrons. The van der Waals surface area contributed by atoms with Crippen LogP contribution in [0.2, 0.25) is 0 Å². The maximum atomic E-state index is 11.5. The molecule has 0 unspecified atom stereocenters. The fourth-order valence-electron chi connectivity index (χ4n) is 3.53. The molecule has 7 nitrogen and oxygen atoms in total. The minimum atomic E-state index is -0.544. The van der Waals surface area contributed by atoms with Crippen LogP contribution in [0.4, 0.5) is 5.82 Å². The summed E-state index contributed by atoms with van der Waals surface area (Å²) in [5.41, 5.74) is 8.00. The number of hydrogen-bond acceptors (Lipinski definition) is 5. The van der Waals surface area contributed by atoms with Gasteiger partial charge in [-0.1, -0.05) is 19.3 Å². The Morgan fingerprint density at radius 3 is 2.65 bits per heavy atom. The van der Waals surface area contributed by atoms with Crippen molar-refractivity contribution in [3.8, 4) is 11.3 Å². The Hall–Kier alpha value is -2.96. The number of primary amides is 1. The maximum Gasteiger partial charge on any atom is 0.268 e. The minimum absolute atomic E-state index is 0.236. The Morgan fingerprint density at radius 1 is 1.15 bits per heavy atom. The lowest BCUT2D eigenvalue weighted by Gasteiger charge is -2.22. The van der Waals surface area contributed by atoms with E-state index >= 15 is 0 Å². The lowest BCUT2D eigenvalue weighted by molar-refractivity contribution is 0.0996. The minimum Gasteiger partial charge on any atom is -0.367 e. The molecule has 0 bridgehead atoms. The molecule has 1 fully saturated rings. The van der Waals surface area contributed by atoms with Crippen molar-refractivity contribution in [1.82, 2.24) is 19.4 Å². The van der Waals surface area contributed by atoms with Gasteiger partial charge in [-0.15, -0.1) is 0 Å². The van der Waals surface area contributed by atoms with Crippen molar-refractivity contribution >= 4 is 17.4 Å². The summed E-state index contributed by atoms with van der Waals surface area (Å²) in [6.45, 7) is 0.862. The van der Waals surface area contributed by atoms with Gasteiger partial charge in [0.2, 0.25) is 0 Å². The molecule has 3 heterocycles. The highest BCUT2D eigenvalue weighted by atomic mass is 16.1. The summed E-state index contributed by atoms with van der Waals surface area (Å²) < 4.78 is 1.81. The van der Waals surface area contributed by atoms with Gasteiger partial charge >= 0.3 is 0 Å². The number of nitrogens with one attached hydrogen (secondary N) is 1. The van der Waals surface area contributed by atoms with E-state index in [1.807, 2.05) is 22.7 Å². The Bertz CT molecular complexity index is 914. The van der Waals surface area contributed by atoms with Crippen LogP contribution in [0.25, 0.3) is 16.9 Å². The zero-order chi connectivity index (χ0) is 17.9. The Morgan fingerprint density at radius 2 is 1.92 bits per heavy atom. The van der Waals surface area contributed by atoms with Crippen molar-refractivity contribution in [1.29, 1.82) is 0 Å². The average Bonchev–Trinajstić information content (AvgIpc) is 3.12. The van der Waals surface area contributed by atoms with E-state index < -0.39 is 5.91 Å². The summed E-state index contributed by atoms with van der Waals surface area (Å²) in [6.07, 6.45) is 13.4. The molecule has 1 amide bonds. The number of anilines is 1. The van der Waals surface area contributed by atoms with Gasteiger partial charge in [0.25, 0.3) is 5.91 Å². The summed E-state index contributed by atoms with van der Waals surface area (Å²) in [4.78, 5) is 24.7. The molecule has 3 N–H and O–H groups in total. The van der Waals surface area contributed by atoms with Crippen LogP contribution in [0, 0.1) is 5.92 Å². The molecule has 4 rings (SSSR count). The second-order valence-electron chi connectivity index (χ2n) is 6.82. The van der Waals surface area contributed by atoms with Crippen molar-refractivity contribution in [3.63, 3.8) is 0 Å². The number of fused-ring (bicyclic) bond motifs is 1. The topological polar surface area (TPSA) is 98.2 Å². The lowest BCUT2D eigenvalue weighted by Crippen LogP contribution is -2.18. The van der Waals surface area contributed by atoms with E-state index in [9.17, 15) is 4.79 Å². The molecule has 1 aliphatic rings. The quantitative estimate of drug-likeness (QED) is 0.737. The normalized spacial score (nSPS) is 15.2. The number of aromatic nitrogens is 4. The second kappa shape index (κ2) is 7.11. The van der Waals surface area contributed by atoms with Gasteiger partial charge < -0.3 is 15.5 Å². The van der Waals surface area contributed by atoms with E-state index in [1.165, 1.54) is 32.1 Å². The molecule has 0 saturated heterocycles. The summed E-state index contributed by atoms with van der Waals surface area (Å²) in [7, 11) is 0. The van der Waals surface area contributed by atoms with Gasteiger partial charge in [-0.05, 0) is 30.9 Å². The van der Waals surface area contributed by atoms with E-state index in [1.54, 1.807) is 18.6 Å². The third-order valence-electron chi connectivity index (χ3n) is 4.95. The summed E-state index contributed by atoms with van der Waals surface area (Å²) in [5.74, 6) is 0.788. The predicted molar refractivity (Wildman–Crippen MR) is 99.8 cm³/mol. The predicted octanol–water partition coefficient (Wildman–Crippen LogP) is 2.88. The molecule has 0 aromatic carbocycles. The summed E-state index contributed by atoms with van der Waals surface area (Å²) in [5, 5.41) is 3.46. The number of nitrogens with two attached hydrogens (primary N) is 1. The fraction of sp³-hybridized carbons (Fsp3) is 0.368. The SMILES string of the molecule is NC(=O)c1cn2cc(-c3ccncc3)nc(NCC3CCCCC3)c2n1. The van der Waals surface area contributed by atoms with Crippen LogP contribution in [0.15, 0.2) is 36.9 Å². The van der Waals surface area contributed by atoms with Crippen LogP contribution in [-0.4, -0.2) is 31.8 Å². The number of pyridine rings is 1. The van der Waals surface area contributed by atoms with Crippen LogP contribution in [0.3, 0.4) is 0 Å². The molecule has 7 heteroatoms. The van der Waals surface area contributed by atoms with E-state index in [0.29, 0.717) is 17.4 Å². The van der Waals surface area contributed by atoms with Crippen molar-refractivity contribution in [2.75, 3.05) is 11.9 Å². The van der Waals surface area contributed by atoms with Crippen LogP contribution in [0.5, 0.6) is 0 Å². The van der Waals surface area contributed by atoms with Gasteiger partial charge in [0.05, 0.1) is 5.69 Å². The largest absolute Gasteiger partial charge is 0.367 e. The molecule has 1 saturated carbocycles. The number of carbonyl (C=O) groups is 1. The molecule has 0 aliphatic heterocycles. The first kappa shape index (κ1) is 16.5. The lowest BCUT2D eigenvalue weighted by atomic mass is 9.89. The third-order valence-corrected chi connectivity index (χ3v) is 4.95. The number of hydrogen-bond donors (Lipinski definition) is 2. The van der Waals surface area contributed by atoms with Crippen molar-refractivity contribution in [3.05, 3.63) is 42.6 Å². The van der Waals surface area contributed by atoms with Gasteiger partial charge in [-0.25, -0.2) is 9.97 Å². The number of amides is 1. The highest BCUT2D eigenvalue weighted by Crippen LogP contribution is 2.26. The Labute approximate surface area is 151 Å². The van der Waals surface area contributed by atoms with Crippen LogP contribution in [-0.2, 0) is 0 Å².